The van der Waals surface area contributed by atoms with Crippen LogP contribution in [0, 0.1) is 0 Å². The van der Waals surface area contributed by atoms with Crippen LogP contribution in [0.5, 0.6) is 0 Å². The van der Waals surface area contributed by atoms with E-state index in [1.807, 2.05) is 0 Å². The van der Waals surface area contributed by atoms with Gasteiger partial charge < -0.3 is 10.6 Å². The van der Waals surface area contributed by atoms with Crippen molar-refractivity contribution in [3.63, 3.8) is 0 Å². The first-order valence-electron chi connectivity index (χ1n) is 6.15. The lowest BCUT2D eigenvalue weighted by Gasteiger charge is -2.31. The third-order valence-corrected chi connectivity index (χ3v) is 3.04. The molecule has 1 saturated heterocycles. The third-order valence-electron chi connectivity index (χ3n) is 3.04. The van der Waals surface area contributed by atoms with Crippen molar-refractivity contribution in [3.05, 3.63) is 25.3 Å². The monoisotopic (exact) mass is 237 g/mol. The molecule has 96 valence electrons. The molecule has 0 aromatic heterocycles. The second-order valence-corrected chi connectivity index (χ2v) is 4.49. The van der Waals surface area contributed by atoms with E-state index >= 15 is 0 Å². The smallest absolute Gasteiger partial charge is 0.237 e. The van der Waals surface area contributed by atoms with Crippen LogP contribution in [0.3, 0.4) is 0 Å². The van der Waals surface area contributed by atoms with Gasteiger partial charge in [-0.25, -0.2) is 0 Å². The predicted molar refractivity (Wildman–Crippen MR) is 70.6 cm³/mol. The summed E-state index contributed by atoms with van der Waals surface area (Å²) in [4.78, 5) is 16.0. The minimum atomic E-state index is 0.139. The average molecular weight is 237 g/mol. The van der Waals surface area contributed by atoms with E-state index in [1.165, 1.54) is 0 Å². The van der Waals surface area contributed by atoms with Gasteiger partial charge in [0.1, 0.15) is 0 Å². The van der Waals surface area contributed by atoms with E-state index in [1.54, 1.807) is 17.1 Å². The molecular weight excluding hydrogens is 214 g/mol. The minimum Gasteiger partial charge on any atom is -0.334 e. The second kappa shape index (κ2) is 7.25. The number of hydrogen-bond acceptors (Lipinski definition) is 3. The fraction of sp³-hybridized carbons (Fsp3) is 0.615. The summed E-state index contributed by atoms with van der Waals surface area (Å²) in [7, 11) is 0. The molecule has 2 N–H and O–H groups in total. The first kappa shape index (κ1) is 13.9. The van der Waals surface area contributed by atoms with Crippen molar-refractivity contribution in [2.45, 2.75) is 18.9 Å². The SMILES string of the molecule is C=CCN(CC=C)C(=O)CN1CCC(N)CC1. The number of hydrogen-bond donors (Lipinski definition) is 1. The molecule has 0 radical (unpaired) electrons. The molecule has 0 saturated carbocycles. The van der Waals surface area contributed by atoms with Crippen molar-refractivity contribution in [2.24, 2.45) is 5.73 Å². The number of piperidine rings is 1. The highest BCUT2D eigenvalue weighted by Gasteiger charge is 2.20. The van der Waals surface area contributed by atoms with Gasteiger partial charge in [0.25, 0.3) is 0 Å². The Morgan fingerprint density at radius 3 is 2.29 bits per heavy atom. The number of carbonyl (C=O) groups excluding carboxylic acids is 1. The Morgan fingerprint density at radius 2 is 1.82 bits per heavy atom. The van der Waals surface area contributed by atoms with Gasteiger partial charge in [-0.2, -0.15) is 0 Å². The molecular formula is C13H23N3O. The summed E-state index contributed by atoms with van der Waals surface area (Å²) in [6, 6.07) is 0.304. The van der Waals surface area contributed by atoms with Gasteiger partial charge in [0.05, 0.1) is 6.54 Å². The highest BCUT2D eigenvalue weighted by atomic mass is 16.2. The molecule has 1 heterocycles. The van der Waals surface area contributed by atoms with Crippen LogP contribution in [-0.2, 0) is 4.79 Å². The summed E-state index contributed by atoms with van der Waals surface area (Å²) in [6.07, 6.45) is 5.45. The van der Waals surface area contributed by atoms with E-state index < -0.39 is 0 Å². The average Bonchev–Trinajstić information content (AvgIpc) is 2.32. The van der Waals surface area contributed by atoms with Gasteiger partial charge in [0.2, 0.25) is 5.91 Å². The lowest BCUT2D eigenvalue weighted by Crippen LogP contribution is -2.45. The van der Waals surface area contributed by atoms with Gasteiger partial charge >= 0.3 is 0 Å². The van der Waals surface area contributed by atoms with E-state index in [0.29, 0.717) is 25.7 Å². The number of rotatable bonds is 6. The van der Waals surface area contributed by atoms with Crippen LogP contribution < -0.4 is 5.73 Å². The number of nitrogens with zero attached hydrogens (tertiary/aromatic N) is 2. The Morgan fingerprint density at radius 1 is 1.29 bits per heavy atom. The van der Waals surface area contributed by atoms with E-state index in [2.05, 4.69) is 18.1 Å². The summed E-state index contributed by atoms with van der Waals surface area (Å²) in [5.41, 5.74) is 5.83. The minimum absolute atomic E-state index is 0.139. The first-order chi connectivity index (χ1) is 8.17. The molecule has 4 nitrogen and oxygen atoms in total. The lowest BCUT2D eigenvalue weighted by molar-refractivity contribution is -0.131. The standard InChI is InChI=1S/C13H23N3O/c1-3-7-16(8-4-2)13(17)11-15-9-5-12(14)6-10-15/h3-4,12H,1-2,5-11,14H2. The zero-order valence-corrected chi connectivity index (χ0v) is 10.5. The molecule has 0 spiro atoms. The molecule has 0 aliphatic carbocycles. The third kappa shape index (κ3) is 4.71. The van der Waals surface area contributed by atoms with Gasteiger partial charge in [-0.15, -0.1) is 13.2 Å². The fourth-order valence-electron chi connectivity index (χ4n) is 1.99. The highest BCUT2D eigenvalue weighted by molar-refractivity contribution is 5.78. The van der Waals surface area contributed by atoms with E-state index in [9.17, 15) is 4.79 Å². The molecule has 0 aromatic carbocycles. The van der Waals surface area contributed by atoms with Crippen molar-refractivity contribution in [1.82, 2.24) is 9.80 Å². The van der Waals surface area contributed by atoms with Crippen molar-refractivity contribution in [1.29, 1.82) is 0 Å². The van der Waals surface area contributed by atoms with Crippen LogP contribution in [0.15, 0.2) is 25.3 Å². The maximum Gasteiger partial charge on any atom is 0.237 e. The first-order valence-corrected chi connectivity index (χ1v) is 6.15. The molecule has 0 unspecified atom stereocenters. The van der Waals surface area contributed by atoms with Crippen LogP contribution in [-0.4, -0.2) is 54.5 Å². The zero-order valence-electron chi connectivity index (χ0n) is 10.5. The largest absolute Gasteiger partial charge is 0.334 e. The van der Waals surface area contributed by atoms with Gasteiger partial charge in [-0.05, 0) is 12.8 Å². The van der Waals surface area contributed by atoms with Gasteiger partial charge in [-0.3, -0.25) is 9.69 Å². The van der Waals surface area contributed by atoms with Gasteiger partial charge in [-0.1, -0.05) is 12.2 Å². The normalized spacial score (nSPS) is 17.7. The van der Waals surface area contributed by atoms with E-state index in [4.69, 9.17) is 5.73 Å². The van der Waals surface area contributed by atoms with Crippen LogP contribution in [0.1, 0.15) is 12.8 Å². The molecule has 1 rings (SSSR count). The fourth-order valence-corrected chi connectivity index (χ4v) is 1.99. The van der Waals surface area contributed by atoms with E-state index in [-0.39, 0.29) is 5.91 Å². The molecule has 1 aliphatic rings. The Kier molecular flexibility index (Phi) is 5.94. The van der Waals surface area contributed by atoms with Gasteiger partial charge in [0.15, 0.2) is 0 Å². The maximum atomic E-state index is 12.0. The van der Waals surface area contributed by atoms with Crippen molar-refractivity contribution >= 4 is 5.91 Å². The molecule has 17 heavy (non-hydrogen) atoms. The summed E-state index contributed by atoms with van der Waals surface area (Å²) in [6.45, 7) is 10.8. The molecule has 1 fully saturated rings. The van der Waals surface area contributed by atoms with Crippen LogP contribution in [0.25, 0.3) is 0 Å². The summed E-state index contributed by atoms with van der Waals surface area (Å²) >= 11 is 0. The molecule has 1 amide bonds. The maximum absolute atomic E-state index is 12.0. The Hall–Kier alpha value is -1.13. The number of nitrogens with two attached hydrogens (primary N) is 1. The predicted octanol–water partition coefficient (Wildman–Crippen LogP) is 0.610. The molecule has 0 atom stereocenters. The summed E-state index contributed by atoms with van der Waals surface area (Å²) in [5, 5.41) is 0. The summed E-state index contributed by atoms with van der Waals surface area (Å²) in [5.74, 6) is 0.139. The van der Waals surface area contributed by atoms with Crippen LogP contribution >= 0.6 is 0 Å². The van der Waals surface area contributed by atoms with Crippen molar-refractivity contribution < 1.29 is 4.79 Å². The molecule has 0 aromatic rings. The van der Waals surface area contributed by atoms with Crippen molar-refractivity contribution in [3.8, 4) is 0 Å². The summed E-state index contributed by atoms with van der Waals surface area (Å²) < 4.78 is 0. The quantitative estimate of drug-likeness (QED) is 0.689. The Labute approximate surface area is 104 Å². The van der Waals surface area contributed by atoms with Gasteiger partial charge in [0, 0.05) is 32.2 Å². The molecule has 1 aliphatic heterocycles. The number of likely N-dealkylation sites (tertiary alicyclic amines) is 1. The van der Waals surface area contributed by atoms with Crippen LogP contribution in [0.2, 0.25) is 0 Å². The molecule has 0 bridgehead atoms. The zero-order chi connectivity index (χ0) is 12.7. The topological polar surface area (TPSA) is 49.6 Å². The Balaban J connectivity index is 2.40. The number of amides is 1. The van der Waals surface area contributed by atoms with Crippen LogP contribution in [0.4, 0.5) is 0 Å². The number of carbonyl (C=O) groups is 1. The van der Waals surface area contributed by atoms with Crippen molar-refractivity contribution in [2.75, 3.05) is 32.7 Å². The highest BCUT2D eigenvalue weighted by Crippen LogP contribution is 2.08. The second-order valence-electron chi connectivity index (χ2n) is 4.49. The lowest BCUT2D eigenvalue weighted by atomic mass is 10.1. The Bertz CT molecular complexity index is 260. The molecule has 4 heteroatoms. The van der Waals surface area contributed by atoms with E-state index in [0.717, 1.165) is 25.9 Å².